The first-order valence-electron chi connectivity index (χ1n) is 11.8. The number of carbonyl (C=O) groups is 1. The van der Waals surface area contributed by atoms with Gasteiger partial charge in [-0.3, -0.25) is 9.36 Å². The van der Waals surface area contributed by atoms with E-state index in [4.69, 9.17) is 9.84 Å². The van der Waals surface area contributed by atoms with Gasteiger partial charge in [0.2, 0.25) is 0 Å². The summed E-state index contributed by atoms with van der Waals surface area (Å²) in [5.41, 5.74) is 5.17. The van der Waals surface area contributed by atoms with Gasteiger partial charge in [-0.2, -0.15) is 5.10 Å². The van der Waals surface area contributed by atoms with Gasteiger partial charge in [0.05, 0.1) is 39.8 Å². The van der Waals surface area contributed by atoms with Crippen molar-refractivity contribution >= 4 is 23.4 Å². The highest BCUT2D eigenvalue weighted by molar-refractivity contribution is 7.07. The second-order valence-electron chi connectivity index (χ2n) is 8.54. The molecular weight excluding hydrogens is 472 g/mol. The Labute approximate surface area is 212 Å². The number of rotatable bonds is 5. The topological polar surface area (TPSA) is 78.5 Å². The fourth-order valence-electron chi connectivity index (χ4n) is 4.56. The maximum atomic E-state index is 13.8. The fraction of sp³-hybridized carbons (Fsp3) is 0.214. The molecule has 5 rings (SSSR count). The van der Waals surface area contributed by atoms with Crippen LogP contribution in [0.25, 0.3) is 11.8 Å². The Hall–Kier alpha value is -4.04. The number of thiazole rings is 1. The van der Waals surface area contributed by atoms with Crippen molar-refractivity contribution in [2.45, 2.75) is 33.7 Å². The summed E-state index contributed by atoms with van der Waals surface area (Å²) < 4.78 is 9.37. The first-order chi connectivity index (χ1) is 17.4. The highest BCUT2D eigenvalue weighted by Gasteiger charge is 2.33. The molecule has 0 fully saturated rings. The van der Waals surface area contributed by atoms with Crippen LogP contribution in [0.3, 0.4) is 0 Å². The summed E-state index contributed by atoms with van der Waals surface area (Å²) in [6.07, 6.45) is 1.88. The van der Waals surface area contributed by atoms with E-state index in [0.717, 1.165) is 28.2 Å². The maximum absolute atomic E-state index is 13.8. The van der Waals surface area contributed by atoms with E-state index >= 15 is 0 Å². The maximum Gasteiger partial charge on any atom is 0.338 e. The number of hydrogen-bond acceptors (Lipinski definition) is 6. The molecule has 0 saturated heterocycles. The predicted octanol–water partition coefficient (Wildman–Crippen LogP) is 3.60. The van der Waals surface area contributed by atoms with Crippen molar-refractivity contribution in [1.82, 2.24) is 14.3 Å². The lowest BCUT2D eigenvalue weighted by Crippen LogP contribution is -2.39. The highest BCUT2D eigenvalue weighted by Crippen LogP contribution is 2.30. The smallest absolute Gasteiger partial charge is 0.338 e. The van der Waals surface area contributed by atoms with Crippen molar-refractivity contribution in [3.05, 3.63) is 114 Å². The van der Waals surface area contributed by atoms with Crippen LogP contribution in [-0.4, -0.2) is 26.9 Å². The minimum Gasteiger partial charge on any atom is -0.463 e. The van der Waals surface area contributed by atoms with Gasteiger partial charge in [0, 0.05) is 11.3 Å². The average molecular weight is 499 g/mol. The summed E-state index contributed by atoms with van der Waals surface area (Å²) >= 11 is 1.31. The van der Waals surface area contributed by atoms with Crippen molar-refractivity contribution in [2.24, 2.45) is 4.99 Å². The fourth-order valence-corrected chi connectivity index (χ4v) is 5.59. The van der Waals surface area contributed by atoms with E-state index in [1.165, 1.54) is 11.3 Å². The van der Waals surface area contributed by atoms with Gasteiger partial charge >= 0.3 is 5.97 Å². The number of fused-ring (bicyclic) bond motifs is 1. The molecule has 2 aromatic heterocycles. The number of hydrogen-bond donors (Lipinski definition) is 0. The molecule has 7 nitrogen and oxygen atoms in total. The monoisotopic (exact) mass is 498 g/mol. The molecular formula is C28H26N4O3S. The summed E-state index contributed by atoms with van der Waals surface area (Å²) in [6, 6.07) is 18.8. The van der Waals surface area contributed by atoms with E-state index in [2.05, 4.69) is 4.99 Å². The molecule has 1 aliphatic rings. The molecule has 0 amide bonds. The molecule has 1 unspecified atom stereocenters. The average Bonchev–Trinajstić information content (AvgIpc) is 3.34. The van der Waals surface area contributed by atoms with Crippen molar-refractivity contribution in [1.29, 1.82) is 0 Å². The summed E-state index contributed by atoms with van der Waals surface area (Å²) in [6.45, 7) is 7.72. The Morgan fingerprint density at radius 2 is 1.72 bits per heavy atom. The molecule has 1 atom stereocenters. The van der Waals surface area contributed by atoms with Crippen LogP contribution in [0.2, 0.25) is 0 Å². The zero-order valence-electron chi connectivity index (χ0n) is 20.6. The minimum atomic E-state index is -0.613. The largest absolute Gasteiger partial charge is 0.463 e. The molecule has 0 aliphatic carbocycles. The highest BCUT2D eigenvalue weighted by atomic mass is 32.1. The molecule has 1 aliphatic heterocycles. The van der Waals surface area contributed by atoms with Gasteiger partial charge in [-0.15, -0.1) is 0 Å². The minimum absolute atomic E-state index is 0.201. The number of aryl methyl sites for hydroxylation is 1. The van der Waals surface area contributed by atoms with E-state index in [-0.39, 0.29) is 12.2 Å². The third-order valence-electron chi connectivity index (χ3n) is 6.26. The lowest BCUT2D eigenvalue weighted by molar-refractivity contribution is -0.139. The van der Waals surface area contributed by atoms with Crippen LogP contribution in [-0.2, 0) is 9.53 Å². The van der Waals surface area contributed by atoms with Crippen LogP contribution in [0, 0.1) is 13.8 Å². The molecule has 36 heavy (non-hydrogen) atoms. The van der Waals surface area contributed by atoms with Gasteiger partial charge in [-0.1, -0.05) is 59.9 Å². The van der Waals surface area contributed by atoms with Crippen LogP contribution < -0.4 is 14.9 Å². The van der Waals surface area contributed by atoms with Gasteiger partial charge in [-0.05, 0) is 51.5 Å². The van der Waals surface area contributed by atoms with Gasteiger partial charge in [-0.25, -0.2) is 14.5 Å². The molecule has 182 valence electrons. The molecule has 3 heterocycles. The lowest BCUT2D eigenvalue weighted by Gasteiger charge is -2.24. The Bertz CT molecular complexity index is 1660. The quantitative estimate of drug-likeness (QED) is 0.394. The molecule has 4 aromatic rings. The van der Waals surface area contributed by atoms with E-state index in [9.17, 15) is 9.59 Å². The van der Waals surface area contributed by atoms with E-state index in [1.54, 1.807) is 18.4 Å². The van der Waals surface area contributed by atoms with Gasteiger partial charge in [0.25, 0.3) is 5.56 Å². The standard InChI is InChI=1S/C28H26N4O3S/c1-5-35-27(34)24-18(3)29-28-31(25(24)20-12-8-6-9-13-20)26(33)23(36-28)16-22-17(2)30-32(19(22)4)21-14-10-7-11-15-21/h6-16,25H,5H2,1-4H3/b23-16-. The third-order valence-corrected chi connectivity index (χ3v) is 7.24. The first kappa shape index (κ1) is 23.7. The number of allylic oxidation sites excluding steroid dienone is 1. The van der Waals surface area contributed by atoms with Crippen LogP contribution in [0.4, 0.5) is 0 Å². The number of benzene rings is 2. The van der Waals surface area contributed by atoms with Gasteiger partial charge < -0.3 is 4.74 Å². The Morgan fingerprint density at radius 1 is 1.06 bits per heavy atom. The van der Waals surface area contributed by atoms with Crippen LogP contribution in [0.1, 0.15) is 42.4 Å². The molecule has 2 aromatic carbocycles. The zero-order valence-corrected chi connectivity index (χ0v) is 21.4. The van der Waals surface area contributed by atoms with Crippen molar-refractivity contribution in [2.75, 3.05) is 6.61 Å². The number of ether oxygens (including phenoxy) is 1. The summed E-state index contributed by atoms with van der Waals surface area (Å²) in [5, 5.41) is 4.71. The van der Waals surface area contributed by atoms with Crippen molar-refractivity contribution in [3.63, 3.8) is 0 Å². The molecule has 0 spiro atoms. The summed E-state index contributed by atoms with van der Waals surface area (Å²) in [5.74, 6) is -0.460. The second kappa shape index (κ2) is 9.54. The summed E-state index contributed by atoms with van der Waals surface area (Å²) in [4.78, 5) is 32.0. The van der Waals surface area contributed by atoms with Gasteiger partial charge in [0.1, 0.15) is 0 Å². The normalized spacial score (nSPS) is 15.6. The predicted molar refractivity (Wildman–Crippen MR) is 140 cm³/mol. The van der Waals surface area contributed by atoms with Crippen LogP contribution in [0.5, 0.6) is 0 Å². The molecule has 8 heteroatoms. The Kier molecular flexibility index (Phi) is 6.28. The third kappa shape index (κ3) is 4.03. The second-order valence-corrected chi connectivity index (χ2v) is 9.55. The van der Waals surface area contributed by atoms with Crippen molar-refractivity contribution < 1.29 is 9.53 Å². The number of aromatic nitrogens is 3. The molecule has 0 saturated carbocycles. The van der Waals surface area contributed by atoms with Crippen LogP contribution in [0.15, 0.2) is 81.7 Å². The van der Waals surface area contributed by atoms with Gasteiger partial charge in [0.15, 0.2) is 4.80 Å². The Balaban J connectivity index is 1.70. The Morgan fingerprint density at radius 3 is 2.39 bits per heavy atom. The van der Waals surface area contributed by atoms with Crippen LogP contribution >= 0.6 is 11.3 Å². The lowest BCUT2D eigenvalue weighted by atomic mass is 9.96. The van der Waals surface area contributed by atoms with Crippen molar-refractivity contribution in [3.8, 4) is 5.69 Å². The number of carbonyl (C=O) groups excluding carboxylic acids is 1. The van der Waals surface area contributed by atoms with E-state index in [1.807, 2.05) is 85.3 Å². The summed E-state index contributed by atoms with van der Waals surface area (Å²) in [7, 11) is 0. The first-order valence-corrected chi connectivity index (χ1v) is 12.6. The van der Waals surface area contributed by atoms with E-state index < -0.39 is 12.0 Å². The number of nitrogens with zero attached hydrogens (tertiary/aromatic N) is 4. The number of esters is 1. The molecule has 0 N–H and O–H groups in total. The zero-order chi connectivity index (χ0) is 25.4. The van der Waals surface area contributed by atoms with E-state index in [0.29, 0.717) is 20.6 Å². The molecule has 0 bridgehead atoms. The SMILES string of the molecule is CCOC(=O)C1=C(C)N=c2s/c(=C\c3c(C)nn(-c4ccccc4)c3C)c(=O)n2C1c1ccccc1. The molecule has 0 radical (unpaired) electrons. The number of para-hydroxylation sites is 1.